The van der Waals surface area contributed by atoms with Crippen LogP contribution in [0.25, 0.3) is 10.2 Å². The second kappa shape index (κ2) is 6.92. The predicted octanol–water partition coefficient (Wildman–Crippen LogP) is 2.15. The molecular formula is C17H27N4S+. The van der Waals surface area contributed by atoms with Gasteiger partial charge in [-0.3, -0.25) is 0 Å². The largest absolute Gasteiger partial charge is 0.364 e. The SMILES string of the molecule is CC[NH+](CC)CCNc1ncnc2sc3c(c12)C[C@@H](C)CC3. The number of anilines is 1. The lowest BCUT2D eigenvalue weighted by Crippen LogP contribution is -3.12. The average molecular weight is 319 g/mol. The van der Waals surface area contributed by atoms with Crippen LogP contribution in [0.1, 0.15) is 37.6 Å². The molecule has 2 aromatic heterocycles. The smallest absolute Gasteiger partial charge is 0.138 e. The topological polar surface area (TPSA) is 42.2 Å². The van der Waals surface area contributed by atoms with Gasteiger partial charge in [-0.25, -0.2) is 9.97 Å². The summed E-state index contributed by atoms with van der Waals surface area (Å²) in [4.78, 5) is 13.4. The van der Waals surface area contributed by atoms with Gasteiger partial charge in [-0.2, -0.15) is 0 Å². The summed E-state index contributed by atoms with van der Waals surface area (Å²) in [5, 5.41) is 4.87. The lowest BCUT2D eigenvalue weighted by Gasteiger charge is -2.19. The zero-order valence-corrected chi connectivity index (χ0v) is 14.7. The summed E-state index contributed by atoms with van der Waals surface area (Å²) in [7, 11) is 0. The van der Waals surface area contributed by atoms with Crippen molar-refractivity contribution in [1.29, 1.82) is 0 Å². The summed E-state index contributed by atoms with van der Waals surface area (Å²) in [6.45, 7) is 11.3. The van der Waals surface area contributed by atoms with Crippen molar-refractivity contribution in [3.63, 3.8) is 0 Å². The van der Waals surface area contributed by atoms with Crippen LogP contribution in [0.5, 0.6) is 0 Å². The van der Waals surface area contributed by atoms with Gasteiger partial charge in [0.25, 0.3) is 0 Å². The highest BCUT2D eigenvalue weighted by molar-refractivity contribution is 7.19. The van der Waals surface area contributed by atoms with E-state index >= 15 is 0 Å². The summed E-state index contributed by atoms with van der Waals surface area (Å²) in [5.41, 5.74) is 1.51. The Morgan fingerprint density at radius 2 is 2.14 bits per heavy atom. The van der Waals surface area contributed by atoms with Gasteiger partial charge in [-0.05, 0) is 44.6 Å². The van der Waals surface area contributed by atoms with Crippen molar-refractivity contribution < 1.29 is 4.90 Å². The summed E-state index contributed by atoms with van der Waals surface area (Å²) in [6, 6.07) is 0. The third-order valence-electron chi connectivity index (χ3n) is 4.86. The highest BCUT2D eigenvalue weighted by atomic mass is 32.1. The van der Waals surface area contributed by atoms with Crippen molar-refractivity contribution in [2.24, 2.45) is 5.92 Å². The van der Waals surface area contributed by atoms with Gasteiger partial charge >= 0.3 is 0 Å². The van der Waals surface area contributed by atoms with Crippen molar-refractivity contribution in [2.75, 3.05) is 31.5 Å². The number of nitrogens with zero attached hydrogens (tertiary/aromatic N) is 2. The Bertz CT molecular complexity index is 633. The van der Waals surface area contributed by atoms with E-state index in [0.29, 0.717) is 0 Å². The molecule has 120 valence electrons. The molecule has 5 heteroatoms. The number of nitrogens with one attached hydrogen (secondary N) is 2. The molecule has 1 aliphatic rings. The number of hydrogen-bond donors (Lipinski definition) is 2. The highest BCUT2D eigenvalue weighted by Crippen LogP contribution is 2.39. The number of fused-ring (bicyclic) bond motifs is 3. The molecule has 0 unspecified atom stereocenters. The zero-order valence-electron chi connectivity index (χ0n) is 13.9. The third-order valence-corrected chi connectivity index (χ3v) is 6.06. The van der Waals surface area contributed by atoms with E-state index < -0.39 is 0 Å². The Hall–Kier alpha value is -1.20. The first-order valence-corrected chi connectivity index (χ1v) is 9.37. The van der Waals surface area contributed by atoms with Gasteiger partial charge in [-0.1, -0.05) is 6.92 Å². The molecule has 1 atom stereocenters. The Balaban J connectivity index is 1.82. The van der Waals surface area contributed by atoms with Crippen molar-refractivity contribution >= 4 is 27.4 Å². The zero-order chi connectivity index (χ0) is 15.5. The van der Waals surface area contributed by atoms with Crippen LogP contribution in [0.2, 0.25) is 0 Å². The molecule has 3 rings (SSSR count). The minimum atomic E-state index is 0.776. The van der Waals surface area contributed by atoms with E-state index in [1.807, 2.05) is 11.3 Å². The summed E-state index contributed by atoms with van der Waals surface area (Å²) in [5.74, 6) is 1.82. The van der Waals surface area contributed by atoms with Crippen LogP contribution >= 0.6 is 11.3 Å². The molecule has 22 heavy (non-hydrogen) atoms. The Morgan fingerprint density at radius 3 is 2.91 bits per heavy atom. The Labute approximate surface area is 137 Å². The van der Waals surface area contributed by atoms with Gasteiger partial charge in [0.2, 0.25) is 0 Å². The molecule has 0 bridgehead atoms. The van der Waals surface area contributed by atoms with Gasteiger partial charge in [0.1, 0.15) is 17.0 Å². The van der Waals surface area contributed by atoms with E-state index in [4.69, 9.17) is 0 Å². The second-order valence-electron chi connectivity index (χ2n) is 6.39. The van der Waals surface area contributed by atoms with Crippen LogP contribution < -0.4 is 10.2 Å². The lowest BCUT2D eigenvalue weighted by molar-refractivity contribution is -0.894. The fraction of sp³-hybridized carbons (Fsp3) is 0.647. The fourth-order valence-corrected chi connectivity index (χ4v) is 4.56. The van der Waals surface area contributed by atoms with E-state index in [1.54, 1.807) is 11.2 Å². The average Bonchev–Trinajstić information content (AvgIpc) is 2.90. The monoisotopic (exact) mass is 319 g/mol. The van der Waals surface area contributed by atoms with Crippen LogP contribution in [-0.4, -0.2) is 36.1 Å². The molecule has 2 heterocycles. The molecule has 4 nitrogen and oxygen atoms in total. The second-order valence-corrected chi connectivity index (χ2v) is 7.47. The van der Waals surface area contributed by atoms with Gasteiger partial charge < -0.3 is 10.2 Å². The Morgan fingerprint density at radius 1 is 1.32 bits per heavy atom. The molecular weight excluding hydrogens is 292 g/mol. The van der Waals surface area contributed by atoms with E-state index in [0.717, 1.165) is 29.7 Å². The minimum absolute atomic E-state index is 0.776. The molecule has 0 spiro atoms. The van der Waals surface area contributed by atoms with Crippen LogP contribution in [0.15, 0.2) is 6.33 Å². The van der Waals surface area contributed by atoms with Gasteiger partial charge in [0.05, 0.1) is 31.6 Å². The van der Waals surface area contributed by atoms with E-state index in [9.17, 15) is 0 Å². The molecule has 0 saturated heterocycles. The third kappa shape index (κ3) is 3.10. The first-order valence-electron chi connectivity index (χ1n) is 8.55. The molecule has 2 N–H and O–H groups in total. The molecule has 0 aromatic carbocycles. The first kappa shape index (κ1) is 15.7. The lowest BCUT2D eigenvalue weighted by atomic mass is 9.88. The standard InChI is InChI=1S/C17H26N4S/c1-4-21(5-2)9-8-18-16-15-13-10-12(3)6-7-14(13)22-17(15)20-11-19-16/h11-12H,4-10H2,1-3H3,(H,18,19,20)/p+1/t12-/m0/s1. The maximum atomic E-state index is 4.54. The summed E-state index contributed by atoms with van der Waals surface area (Å²) < 4.78 is 0. The number of likely N-dealkylation sites (N-methyl/N-ethyl adjacent to an activating group) is 1. The van der Waals surface area contributed by atoms with E-state index in [1.165, 1.54) is 48.2 Å². The van der Waals surface area contributed by atoms with Gasteiger partial charge in [0.15, 0.2) is 0 Å². The van der Waals surface area contributed by atoms with E-state index in [-0.39, 0.29) is 0 Å². The number of aromatic nitrogens is 2. The first-order chi connectivity index (χ1) is 10.7. The van der Waals surface area contributed by atoms with Gasteiger partial charge in [0, 0.05) is 4.88 Å². The minimum Gasteiger partial charge on any atom is -0.364 e. The molecule has 0 aliphatic heterocycles. The van der Waals surface area contributed by atoms with Crippen molar-refractivity contribution in [3.8, 4) is 0 Å². The number of hydrogen-bond acceptors (Lipinski definition) is 4. The van der Waals surface area contributed by atoms with Crippen molar-refractivity contribution in [2.45, 2.75) is 40.0 Å². The van der Waals surface area contributed by atoms with Crippen molar-refractivity contribution in [3.05, 3.63) is 16.8 Å². The van der Waals surface area contributed by atoms with Crippen LogP contribution in [0, 0.1) is 5.92 Å². The number of aryl methyl sites for hydroxylation is 1. The molecule has 2 aromatic rings. The molecule has 0 radical (unpaired) electrons. The van der Waals surface area contributed by atoms with E-state index in [2.05, 4.69) is 36.1 Å². The molecule has 0 saturated carbocycles. The van der Waals surface area contributed by atoms with Crippen LogP contribution in [0.4, 0.5) is 5.82 Å². The highest BCUT2D eigenvalue weighted by Gasteiger charge is 2.23. The molecule has 0 amide bonds. The summed E-state index contributed by atoms with van der Waals surface area (Å²) in [6.07, 6.45) is 5.40. The fourth-order valence-electron chi connectivity index (χ4n) is 3.38. The Kier molecular flexibility index (Phi) is 4.93. The summed E-state index contributed by atoms with van der Waals surface area (Å²) >= 11 is 1.87. The molecule has 0 fully saturated rings. The number of thiophene rings is 1. The normalized spacial score (nSPS) is 17.9. The number of quaternary nitrogens is 1. The molecule has 1 aliphatic carbocycles. The number of rotatable bonds is 6. The van der Waals surface area contributed by atoms with Gasteiger partial charge in [-0.15, -0.1) is 11.3 Å². The van der Waals surface area contributed by atoms with Crippen LogP contribution in [0.3, 0.4) is 0 Å². The quantitative estimate of drug-likeness (QED) is 0.857. The maximum Gasteiger partial charge on any atom is 0.138 e. The maximum absolute atomic E-state index is 4.54. The van der Waals surface area contributed by atoms with Crippen molar-refractivity contribution in [1.82, 2.24) is 9.97 Å². The predicted molar refractivity (Wildman–Crippen MR) is 94.0 cm³/mol. The van der Waals surface area contributed by atoms with Crippen LogP contribution in [-0.2, 0) is 12.8 Å².